The fourth-order valence-corrected chi connectivity index (χ4v) is 21.7. The first kappa shape index (κ1) is 80.5. The van der Waals surface area contributed by atoms with Crippen molar-refractivity contribution in [3.05, 3.63) is 497 Å². The summed E-state index contributed by atoms with van der Waals surface area (Å²) in [7, 11) is 0. The molecule has 31 rings (SSSR count). The van der Waals surface area contributed by atoms with E-state index in [1.165, 1.54) is 272 Å². The molecule has 6 nitrogen and oxygen atoms in total. The smallest absolute Gasteiger partial charge is 0.0544 e. The van der Waals surface area contributed by atoms with Crippen molar-refractivity contribution in [1.29, 1.82) is 0 Å². The zero-order valence-electron chi connectivity index (χ0n) is 75.3. The molecule has 6 N–H and O–H groups in total. The average Bonchev–Trinajstić information content (AvgIpc) is 1.59. The maximum atomic E-state index is 3.66. The van der Waals surface area contributed by atoms with Gasteiger partial charge < -0.3 is 29.9 Å². The topological polar surface area (TPSA) is 94.7 Å². The van der Waals surface area contributed by atoms with Crippen LogP contribution in [0.2, 0.25) is 0 Å². The van der Waals surface area contributed by atoms with Crippen molar-refractivity contribution in [2.75, 3.05) is 0 Å². The van der Waals surface area contributed by atoms with Crippen molar-refractivity contribution in [2.45, 2.75) is 0 Å². The summed E-state index contributed by atoms with van der Waals surface area (Å²) >= 11 is 0. The number of H-pyrrole nitrogens is 6. The molecule has 6 heteroatoms. The second kappa shape index (κ2) is 34.0. The minimum atomic E-state index is 1.18. The van der Waals surface area contributed by atoms with Crippen LogP contribution in [0.1, 0.15) is 0 Å². The first-order valence-electron chi connectivity index (χ1n) is 47.4. The van der Waals surface area contributed by atoms with E-state index in [2.05, 4.69) is 527 Å². The summed E-state index contributed by atoms with van der Waals surface area (Å²) in [5.74, 6) is 0. The number of para-hydroxylation sites is 1. The molecule has 0 saturated heterocycles. The molecule has 0 unspecified atom stereocenters. The molecule has 0 fully saturated rings. The molecule has 6 heterocycles. The van der Waals surface area contributed by atoms with Gasteiger partial charge in [-0.25, -0.2) is 0 Å². The molecule has 0 aliphatic heterocycles. The Morgan fingerprint density at radius 2 is 0.384 bits per heavy atom. The third-order valence-corrected chi connectivity index (χ3v) is 28.1. The number of aromatic nitrogens is 6. The Morgan fingerprint density at radius 1 is 0.101 bits per heavy atom. The van der Waals surface area contributed by atoms with Gasteiger partial charge >= 0.3 is 0 Å². The van der Waals surface area contributed by atoms with Crippen LogP contribution in [-0.4, -0.2) is 29.9 Å². The zero-order valence-corrected chi connectivity index (χ0v) is 75.3. The maximum absolute atomic E-state index is 3.66. The highest BCUT2D eigenvalue weighted by Crippen LogP contribution is 2.45. The van der Waals surface area contributed by atoms with E-state index in [1.54, 1.807) is 0 Å². The van der Waals surface area contributed by atoms with Gasteiger partial charge in [-0.1, -0.05) is 413 Å². The number of benzene rings is 25. The normalized spacial score (nSPS) is 11.6. The van der Waals surface area contributed by atoms with Crippen LogP contribution < -0.4 is 0 Å². The monoisotopic (exact) mass is 1760 g/mol. The molecule has 0 saturated carbocycles. The lowest BCUT2D eigenvalue weighted by atomic mass is 9.94. The fourth-order valence-electron chi connectivity index (χ4n) is 21.7. The van der Waals surface area contributed by atoms with Crippen LogP contribution in [0.3, 0.4) is 0 Å². The van der Waals surface area contributed by atoms with E-state index < -0.39 is 0 Å². The quantitative estimate of drug-likeness (QED) is 0.101. The Morgan fingerprint density at radius 3 is 0.870 bits per heavy atom. The lowest BCUT2D eigenvalue weighted by molar-refractivity contribution is 1.54. The maximum Gasteiger partial charge on any atom is 0.0544 e. The predicted octanol–water partition coefficient (Wildman–Crippen LogP) is 37.0. The summed E-state index contributed by atoms with van der Waals surface area (Å²) in [5.41, 5.74) is 24.5. The second-order valence-electron chi connectivity index (χ2n) is 36.1. The molecular formula is C132H88N6. The number of hydrogen-bond acceptors (Lipinski definition) is 0. The van der Waals surface area contributed by atoms with E-state index in [9.17, 15) is 0 Å². The van der Waals surface area contributed by atoms with Gasteiger partial charge in [0.1, 0.15) is 0 Å². The van der Waals surface area contributed by atoms with Crippen LogP contribution in [0.4, 0.5) is 0 Å². The third kappa shape index (κ3) is 14.2. The molecule has 0 aliphatic carbocycles. The van der Waals surface area contributed by atoms with Crippen molar-refractivity contribution < 1.29 is 0 Å². The van der Waals surface area contributed by atoms with Gasteiger partial charge in [-0.05, 0) is 216 Å². The third-order valence-electron chi connectivity index (χ3n) is 28.1. The molecule has 25 aromatic carbocycles. The van der Waals surface area contributed by atoms with Crippen molar-refractivity contribution in [1.82, 2.24) is 29.9 Å². The molecule has 138 heavy (non-hydrogen) atoms. The van der Waals surface area contributed by atoms with Crippen molar-refractivity contribution >= 4 is 228 Å². The highest BCUT2D eigenvalue weighted by molar-refractivity contribution is 6.30. The fraction of sp³-hybridized carbons (Fsp3) is 0. The number of aromatic amines is 6. The van der Waals surface area contributed by atoms with Crippen LogP contribution in [-0.2, 0) is 0 Å². The van der Waals surface area contributed by atoms with E-state index in [4.69, 9.17) is 0 Å². The summed E-state index contributed by atoms with van der Waals surface area (Å²) in [6.07, 6.45) is 0. The van der Waals surface area contributed by atoms with Crippen LogP contribution in [0.15, 0.2) is 497 Å². The van der Waals surface area contributed by atoms with Gasteiger partial charge in [-0.15, -0.1) is 0 Å². The van der Waals surface area contributed by atoms with Gasteiger partial charge in [0.2, 0.25) is 0 Å². The molecule has 6 aromatic heterocycles. The lowest BCUT2D eigenvalue weighted by Gasteiger charge is -2.09. The van der Waals surface area contributed by atoms with E-state index in [1.807, 2.05) is 0 Å². The number of rotatable bonds is 4. The number of fused-ring (bicyclic) bond motifs is 35. The van der Waals surface area contributed by atoms with Crippen molar-refractivity contribution in [2.24, 2.45) is 0 Å². The molecular weight excluding hydrogens is 1670 g/mol. The summed E-state index contributed by atoms with van der Waals surface area (Å²) < 4.78 is 0. The van der Waals surface area contributed by atoms with Crippen LogP contribution in [0, 0.1) is 0 Å². The molecule has 0 amide bonds. The average molecular weight is 1760 g/mol. The minimum absolute atomic E-state index is 1.18. The number of hydrogen-bond donors (Lipinski definition) is 6. The van der Waals surface area contributed by atoms with Gasteiger partial charge in [0.15, 0.2) is 0 Å². The molecule has 646 valence electrons. The molecule has 0 bridgehead atoms. The summed E-state index contributed by atoms with van der Waals surface area (Å²) in [6.45, 7) is 0. The van der Waals surface area contributed by atoms with Crippen LogP contribution in [0.5, 0.6) is 0 Å². The Hall–Kier alpha value is -18.4. The van der Waals surface area contributed by atoms with Gasteiger partial charge in [0, 0.05) is 131 Å². The Kier molecular flexibility index (Phi) is 19.9. The van der Waals surface area contributed by atoms with E-state index >= 15 is 0 Å². The van der Waals surface area contributed by atoms with E-state index in [0.717, 1.165) is 0 Å². The summed E-state index contributed by atoms with van der Waals surface area (Å²) in [6, 6.07) is 177. The van der Waals surface area contributed by atoms with Gasteiger partial charge in [0.25, 0.3) is 0 Å². The largest absolute Gasteiger partial charge is 0.354 e. The Bertz CT molecular complexity index is 10000. The highest BCUT2D eigenvalue weighted by Gasteiger charge is 2.20. The SMILES string of the molecule is c1ccc(-c2cc3c4ccccc4[nH]c3c3ccccc23)cc1.c1ccc(-c2ccc3[nH]c4cc(-c5ccccc5)c5ccccc5c4c3c2)cc1.c1ccc(-c2ccc3[nH]c4ccc5ccccc5c4c3c2)cc1.c1ccc2c(c1)ccc1[nH]c3ccc4ccccc4c3c12.c1ccc2c(c1)ccc1c2[nH]c2ccc3ccccc3c21.c1ccc2cc3c(cc2c1)[nH]c1ccc2ccccc2c13. The zero-order chi connectivity index (χ0) is 91.1. The number of nitrogens with one attached hydrogen (secondary N) is 6. The Labute approximate surface area is 794 Å². The van der Waals surface area contributed by atoms with E-state index in [0.29, 0.717) is 0 Å². The summed E-state index contributed by atoms with van der Waals surface area (Å²) in [5, 5.41) is 39.0. The second-order valence-corrected chi connectivity index (χ2v) is 36.1. The summed E-state index contributed by atoms with van der Waals surface area (Å²) in [4.78, 5) is 21.5. The van der Waals surface area contributed by atoms with Crippen LogP contribution in [0.25, 0.3) is 272 Å². The van der Waals surface area contributed by atoms with Gasteiger partial charge in [-0.3, -0.25) is 0 Å². The van der Waals surface area contributed by atoms with Gasteiger partial charge in [-0.2, -0.15) is 0 Å². The molecule has 0 radical (unpaired) electrons. The lowest BCUT2D eigenvalue weighted by Crippen LogP contribution is -1.83. The standard InChI is InChI=1S/C28H19N.2C22H15N.3C20H13N/c1-3-9-19(10-4-1)21-15-16-26-25(17-21)28-23-14-8-7-13-22(23)24(18-27(28)29-26)20-11-5-2-6-12-20;1-2-8-15(9-3-1)19-14-20-17-11-6-7-13-21(17)23-22(20)18-12-5-4-10-16(18)19;1-2-6-15(7-3-1)17-11-12-20-19(14-17)22-18-9-5-4-8-16(18)10-13-21(22)23-20;1-3-7-15-13(5-1)10-12-18-19(15)17-11-9-14-6-2-4-8-16(14)20(17)21-18;1-3-7-15-13(5-1)9-11-17-19(15)20-16-8-4-2-6-14(16)10-12-18(20)21-17;1-2-7-15-12-19-17(11-14(15)6-1)20-16-8-4-3-5-13(16)9-10-18(20)21-19/h1-18,29H;2*1-14,23H;3*1-12,21H. The van der Waals surface area contributed by atoms with Crippen molar-refractivity contribution in [3.63, 3.8) is 0 Å². The van der Waals surface area contributed by atoms with E-state index in [-0.39, 0.29) is 0 Å². The van der Waals surface area contributed by atoms with Crippen LogP contribution >= 0.6 is 0 Å². The molecule has 0 atom stereocenters. The predicted molar refractivity (Wildman–Crippen MR) is 594 cm³/mol. The van der Waals surface area contributed by atoms with Crippen molar-refractivity contribution in [3.8, 4) is 44.5 Å². The highest BCUT2D eigenvalue weighted by atomic mass is 14.7. The van der Waals surface area contributed by atoms with Gasteiger partial charge in [0.05, 0.1) is 11.0 Å². The first-order chi connectivity index (χ1) is 68.4. The molecule has 0 aliphatic rings. The molecule has 31 aromatic rings. The molecule has 0 spiro atoms. The minimum Gasteiger partial charge on any atom is -0.354 e. The Balaban J connectivity index is 0.0000000859. The first-order valence-corrected chi connectivity index (χ1v) is 47.4.